The van der Waals surface area contributed by atoms with Gasteiger partial charge < -0.3 is 0 Å². The van der Waals surface area contributed by atoms with Crippen LogP contribution in [0.1, 0.15) is 15.9 Å². The molecule has 8 nitrogen and oxygen atoms in total. The van der Waals surface area contributed by atoms with E-state index in [4.69, 9.17) is 81.2 Å². The second kappa shape index (κ2) is 9.13. The summed E-state index contributed by atoms with van der Waals surface area (Å²) >= 11 is 45.2. The minimum atomic E-state index is -2.16. The molecule has 0 radical (unpaired) electrons. The number of rotatable bonds is 5. The van der Waals surface area contributed by atoms with E-state index >= 15 is 0 Å². The van der Waals surface area contributed by atoms with Crippen LogP contribution in [-0.2, 0) is 16.1 Å². The van der Waals surface area contributed by atoms with Crippen molar-refractivity contribution in [3.05, 3.63) is 84.9 Å². The van der Waals surface area contributed by atoms with E-state index in [9.17, 15) is 24.5 Å². The first-order valence-electron chi connectivity index (χ1n) is 10.7. The van der Waals surface area contributed by atoms with E-state index in [0.29, 0.717) is 15.6 Å². The van der Waals surface area contributed by atoms with E-state index in [1.807, 2.05) is 0 Å². The van der Waals surface area contributed by atoms with Gasteiger partial charge in [0.15, 0.2) is 4.33 Å². The summed E-state index contributed by atoms with van der Waals surface area (Å²) in [6, 6.07) is 11.3. The van der Waals surface area contributed by atoms with Crippen LogP contribution in [0.25, 0.3) is 0 Å². The molecule has 198 valence electrons. The third-order valence-electron chi connectivity index (χ3n) is 6.94. The van der Waals surface area contributed by atoms with Crippen LogP contribution >= 0.6 is 81.2 Å². The van der Waals surface area contributed by atoms with Gasteiger partial charge in [0.1, 0.15) is 15.3 Å². The quantitative estimate of drug-likeness (QED) is 0.164. The molecule has 3 aliphatic rings. The fourth-order valence-corrected chi connectivity index (χ4v) is 8.22. The third-order valence-corrected chi connectivity index (χ3v) is 11.4. The molecule has 1 heterocycles. The third kappa shape index (κ3) is 3.41. The lowest BCUT2D eigenvalue weighted by Gasteiger charge is -2.37. The number of hydrogen-bond acceptors (Lipinski definition) is 5. The maximum absolute atomic E-state index is 13.9. The topological polar surface area (TPSA) is 101 Å². The minimum Gasteiger partial charge on any atom is -0.272 e. The number of nitro benzene ring substituents is 1. The fraction of sp³-hybridized carbons (Fsp3) is 0.261. The number of alkyl halides is 4. The number of allylic oxidation sites excluding steroid dienone is 2. The van der Waals surface area contributed by atoms with Crippen LogP contribution in [0.15, 0.2) is 58.6 Å². The Morgan fingerprint density at radius 2 is 1.39 bits per heavy atom. The predicted octanol–water partition coefficient (Wildman–Crippen LogP) is 6.25. The van der Waals surface area contributed by atoms with Crippen LogP contribution in [0.2, 0.25) is 5.02 Å². The summed E-state index contributed by atoms with van der Waals surface area (Å²) in [6.07, 6.45) is 0. The molecule has 1 aliphatic heterocycles. The average molecular weight is 659 g/mol. The number of hydrogen-bond donors (Lipinski definition) is 0. The summed E-state index contributed by atoms with van der Waals surface area (Å²) in [6.45, 7) is -0.356. The molecule has 2 bridgehead atoms. The molecule has 1 saturated carbocycles. The molecule has 0 unspecified atom stereocenters. The van der Waals surface area contributed by atoms with E-state index in [2.05, 4.69) is 0 Å². The first kappa shape index (κ1) is 27.8. The molecule has 2 aromatic rings. The SMILES string of the molecule is O=C(c1ccccc1[N+](=O)[O-])N(Cc1ccc(Cl)cc1)N1C(=O)[C@@H]2[C@@H](C1=O)[C@@]1(Cl)C(Cl)=C(Cl)[C@@]2(Cl)C1(Cl)Cl. The zero-order chi connectivity index (χ0) is 27.9. The fourth-order valence-electron chi connectivity index (χ4n) is 5.17. The monoisotopic (exact) mass is 655 g/mol. The van der Waals surface area contributed by atoms with Gasteiger partial charge in [-0.05, 0) is 23.8 Å². The largest absolute Gasteiger partial charge is 0.282 e. The summed E-state index contributed by atoms with van der Waals surface area (Å²) in [5.74, 6) is -5.96. The lowest BCUT2D eigenvalue weighted by Crippen LogP contribution is -2.55. The molecule has 5 rings (SSSR count). The Kier molecular flexibility index (Phi) is 6.67. The lowest BCUT2D eigenvalue weighted by atomic mass is 9.84. The van der Waals surface area contributed by atoms with E-state index in [-0.39, 0.29) is 22.2 Å². The Balaban J connectivity index is 1.64. The van der Waals surface area contributed by atoms with Gasteiger partial charge in [0, 0.05) is 11.1 Å². The Labute approximate surface area is 250 Å². The second-order valence-electron chi connectivity index (χ2n) is 8.83. The number of nitrogens with zero attached hydrogens (tertiary/aromatic N) is 3. The van der Waals surface area contributed by atoms with Crippen LogP contribution in [0.3, 0.4) is 0 Å². The van der Waals surface area contributed by atoms with E-state index in [1.54, 1.807) is 12.1 Å². The van der Waals surface area contributed by atoms with Crippen molar-refractivity contribution in [3.63, 3.8) is 0 Å². The molecule has 1 saturated heterocycles. The summed E-state index contributed by atoms with van der Waals surface area (Å²) in [5, 5.41) is 12.8. The maximum atomic E-state index is 13.9. The normalized spacial score (nSPS) is 29.2. The van der Waals surface area contributed by atoms with Crippen LogP contribution < -0.4 is 0 Å². The van der Waals surface area contributed by atoms with Gasteiger partial charge >= 0.3 is 0 Å². The van der Waals surface area contributed by atoms with Crippen LogP contribution in [0, 0.1) is 22.0 Å². The Bertz CT molecular complexity index is 1420. The van der Waals surface area contributed by atoms with Gasteiger partial charge in [0.25, 0.3) is 23.4 Å². The minimum absolute atomic E-state index is 0.292. The molecule has 0 N–H and O–H groups in total. The molecule has 0 aromatic heterocycles. The maximum Gasteiger partial charge on any atom is 0.282 e. The van der Waals surface area contributed by atoms with Crippen molar-refractivity contribution < 1.29 is 19.3 Å². The summed E-state index contributed by atoms with van der Waals surface area (Å²) in [4.78, 5) is 48.3. The van der Waals surface area contributed by atoms with Crippen LogP contribution in [-0.4, -0.2) is 46.7 Å². The number of fused-ring (bicyclic) bond motifs is 5. The number of hydrazine groups is 1. The van der Waals surface area contributed by atoms with E-state index < -0.39 is 54.2 Å². The van der Waals surface area contributed by atoms with Crippen LogP contribution in [0.5, 0.6) is 0 Å². The van der Waals surface area contributed by atoms with Crippen molar-refractivity contribution in [1.82, 2.24) is 10.0 Å². The van der Waals surface area contributed by atoms with Crippen molar-refractivity contribution in [1.29, 1.82) is 0 Å². The highest BCUT2D eigenvalue weighted by Crippen LogP contribution is 2.77. The van der Waals surface area contributed by atoms with Crippen molar-refractivity contribution in [2.45, 2.75) is 20.6 Å². The van der Waals surface area contributed by atoms with E-state index in [0.717, 1.165) is 11.1 Å². The molecule has 15 heteroatoms. The van der Waals surface area contributed by atoms with Crippen LogP contribution in [0.4, 0.5) is 5.69 Å². The van der Waals surface area contributed by atoms with Gasteiger partial charge in [-0.15, -0.1) is 23.2 Å². The summed E-state index contributed by atoms with van der Waals surface area (Å²) in [7, 11) is 0. The van der Waals surface area contributed by atoms with Crippen molar-refractivity contribution in [2.75, 3.05) is 0 Å². The number of carbonyl (C=O) groups is 3. The smallest absolute Gasteiger partial charge is 0.272 e. The summed E-state index contributed by atoms with van der Waals surface area (Å²) < 4.78 is -2.16. The number of para-hydroxylation sites is 1. The van der Waals surface area contributed by atoms with Crippen molar-refractivity contribution in [2.24, 2.45) is 11.8 Å². The van der Waals surface area contributed by atoms with Crippen molar-refractivity contribution in [3.8, 4) is 0 Å². The Hall–Kier alpha value is -1.78. The summed E-state index contributed by atoms with van der Waals surface area (Å²) in [5.41, 5.74) is -0.457. The highest BCUT2D eigenvalue weighted by Gasteiger charge is 2.88. The van der Waals surface area contributed by atoms with Crippen molar-refractivity contribution >= 4 is 105 Å². The molecule has 2 aromatic carbocycles. The zero-order valence-corrected chi connectivity index (χ0v) is 23.8. The number of imide groups is 1. The first-order valence-corrected chi connectivity index (χ1v) is 13.3. The molecular weight excluding hydrogens is 646 g/mol. The molecule has 4 atom stereocenters. The highest BCUT2D eigenvalue weighted by atomic mass is 35.5. The van der Waals surface area contributed by atoms with E-state index in [1.165, 1.54) is 30.3 Å². The van der Waals surface area contributed by atoms with Gasteiger partial charge in [-0.2, -0.15) is 5.01 Å². The molecule has 38 heavy (non-hydrogen) atoms. The van der Waals surface area contributed by atoms with Gasteiger partial charge in [-0.1, -0.05) is 82.3 Å². The number of benzene rings is 2. The zero-order valence-electron chi connectivity index (χ0n) is 18.5. The molecule has 2 fully saturated rings. The molecular formula is C23H12Cl7N3O5. The Morgan fingerprint density at radius 3 is 1.89 bits per heavy atom. The first-order chi connectivity index (χ1) is 17.7. The molecule has 2 aliphatic carbocycles. The second-order valence-corrected chi connectivity index (χ2v) is 12.5. The van der Waals surface area contributed by atoms with Gasteiger partial charge in [0.2, 0.25) is 0 Å². The Morgan fingerprint density at radius 1 is 0.895 bits per heavy atom. The molecule has 0 spiro atoms. The predicted molar refractivity (Wildman–Crippen MR) is 144 cm³/mol. The number of nitro groups is 1. The number of carbonyl (C=O) groups excluding carboxylic acids is 3. The van der Waals surface area contributed by atoms with Gasteiger partial charge in [-0.25, -0.2) is 5.01 Å². The van der Waals surface area contributed by atoms with Gasteiger partial charge in [0.05, 0.1) is 33.4 Å². The highest BCUT2D eigenvalue weighted by molar-refractivity contribution is 6.66. The van der Waals surface area contributed by atoms with Gasteiger partial charge in [-0.3, -0.25) is 24.5 Å². The number of amides is 3. The average Bonchev–Trinajstić information content (AvgIpc) is 3.26. The standard InChI is InChI=1S/C23H12Cl7N3O5/c24-11-7-5-10(6-8-11)9-31(18(34)12-3-1-2-4-13(12)33(37)38)32-19(35)14-15(20(32)36)22(28)17(26)16(25)21(14,27)23(22,29)30/h1-8,14-15H,9H2/t14-,15-,21+,22+/m0/s1. The lowest BCUT2D eigenvalue weighted by molar-refractivity contribution is -0.385. The molecule has 3 amide bonds. The number of halogens is 7.